The minimum atomic E-state index is -3.81. The molecule has 0 unspecified atom stereocenters. The number of hydrogen-bond donors (Lipinski definition) is 2. The summed E-state index contributed by atoms with van der Waals surface area (Å²) in [5, 5.41) is 9.00. The highest BCUT2D eigenvalue weighted by atomic mass is 32.2. The molecule has 0 aliphatic carbocycles. The van der Waals surface area contributed by atoms with E-state index in [1.54, 1.807) is 0 Å². The Labute approximate surface area is 122 Å². The summed E-state index contributed by atoms with van der Waals surface area (Å²) >= 11 is 0. The van der Waals surface area contributed by atoms with Gasteiger partial charge in [0.15, 0.2) is 11.5 Å². The van der Waals surface area contributed by atoms with Crippen LogP contribution in [0.5, 0.6) is 11.5 Å². The van der Waals surface area contributed by atoms with Crippen LogP contribution in [0.25, 0.3) is 0 Å². The van der Waals surface area contributed by atoms with E-state index >= 15 is 0 Å². The topological polar surface area (TPSA) is 102 Å². The zero-order chi connectivity index (χ0) is 15.7. The van der Waals surface area contributed by atoms with Crippen LogP contribution in [-0.2, 0) is 14.8 Å². The third-order valence-corrected chi connectivity index (χ3v) is 4.51. The van der Waals surface area contributed by atoms with E-state index in [9.17, 15) is 13.2 Å². The van der Waals surface area contributed by atoms with Gasteiger partial charge in [0.25, 0.3) is 0 Å². The second-order valence-corrected chi connectivity index (χ2v) is 7.09. The summed E-state index contributed by atoms with van der Waals surface area (Å²) in [6, 6.07) is 4.28. The first-order chi connectivity index (χ1) is 9.72. The molecule has 1 aliphatic heterocycles. The summed E-state index contributed by atoms with van der Waals surface area (Å²) in [5.74, 6) is -0.222. The van der Waals surface area contributed by atoms with E-state index in [1.807, 2.05) is 0 Å². The maximum absolute atomic E-state index is 12.2. The predicted octanol–water partition coefficient (Wildman–Crippen LogP) is 0.847. The molecular formula is C13H17NO6S. The van der Waals surface area contributed by atoms with Crippen molar-refractivity contribution in [1.82, 2.24) is 4.72 Å². The van der Waals surface area contributed by atoms with Crippen LogP contribution in [0.3, 0.4) is 0 Å². The fraction of sp³-hybridized carbons (Fsp3) is 0.462. The SMILES string of the molecule is CC(C)(CNS(=O)(=O)c1ccc2c(c1)OCCO2)C(=O)O. The highest BCUT2D eigenvalue weighted by Gasteiger charge is 2.29. The van der Waals surface area contributed by atoms with Crippen LogP contribution >= 0.6 is 0 Å². The van der Waals surface area contributed by atoms with Gasteiger partial charge in [-0.3, -0.25) is 4.79 Å². The Morgan fingerprint density at radius 3 is 2.52 bits per heavy atom. The molecule has 2 N–H and O–H groups in total. The molecule has 8 heteroatoms. The molecule has 1 aromatic rings. The fourth-order valence-corrected chi connectivity index (χ4v) is 2.85. The van der Waals surface area contributed by atoms with E-state index in [4.69, 9.17) is 14.6 Å². The first-order valence-corrected chi connectivity index (χ1v) is 7.83. The lowest BCUT2D eigenvalue weighted by molar-refractivity contribution is -0.146. The van der Waals surface area contributed by atoms with Crippen molar-refractivity contribution in [3.8, 4) is 11.5 Å². The molecular weight excluding hydrogens is 298 g/mol. The predicted molar refractivity (Wildman–Crippen MR) is 74.0 cm³/mol. The van der Waals surface area contributed by atoms with Gasteiger partial charge in [0.2, 0.25) is 10.0 Å². The Kier molecular flexibility index (Phi) is 4.11. The van der Waals surface area contributed by atoms with Crippen molar-refractivity contribution >= 4 is 16.0 Å². The van der Waals surface area contributed by atoms with Crippen LogP contribution in [0.2, 0.25) is 0 Å². The number of aliphatic carboxylic acids is 1. The number of sulfonamides is 1. The molecule has 1 heterocycles. The van der Waals surface area contributed by atoms with Crippen molar-refractivity contribution in [2.45, 2.75) is 18.7 Å². The minimum Gasteiger partial charge on any atom is -0.486 e. The third-order valence-electron chi connectivity index (χ3n) is 3.11. The number of fused-ring (bicyclic) bond motifs is 1. The molecule has 1 aliphatic rings. The molecule has 0 saturated heterocycles. The quantitative estimate of drug-likeness (QED) is 0.835. The fourth-order valence-electron chi connectivity index (χ4n) is 1.63. The van der Waals surface area contributed by atoms with Gasteiger partial charge >= 0.3 is 5.97 Å². The van der Waals surface area contributed by atoms with Gasteiger partial charge in [0.1, 0.15) is 13.2 Å². The summed E-state index contributed by atoms with van der Waals surface area (Å²) in [5.41, 5.74) is -1.19. The minimum absolute atomic E-state index is 0.00735. The van der Waals surface area contributed by atoms with E-state index in [2.05, 4.69) is 4.72 Å². The molecule has 116 valence electrons. The average molecular weight is 315 g/mol. The number of nitrogens with one attached hydrogen (secondary N) is 1. The Morgan fingerprint density at radius 1 is 1.29 bits per heavy atom. The third kappa shape index (κ3) is 3.45. The lowest BCUT2D eigenvalue weighted by Gasteiger charge is -2.21. The molecule has 2 rings (SSSR count). The zero-order valence-electron chi connectivity index (χ0n) is 11.8. The molecule has 0 fully saturated rings. The monoisotopic (exact) mass is 315 g/mol. The van der Waals surface area contributed by atoms with Crippen molar-refractivity contribution in [2.24, 2.45) is 5.41 Å². The number of carboxylic acids is 1. The molecule has 0 aromatic heterocycles. The van der Waals surface area contributed by atoms with Crippen molar-refractivity contribution < 1.29 is 27.8 Å². The highest BCUT2D eigenvalue weighted by Crippen LogP contribution is 2.32. The maximum Gasteiger partial charge on any atom is 0.310 e. The van der Waals surface area contributed by atoms with Crippen LogP contribution in [0.15, 0.2) is 23.1 Å². The van der Waals surface area contributed by atoms with Gasteiger partial charge in [0, 0.05) is 12.6 Å². The summed E-state index contributed by atoms with van der Waals surface area (Å²) in [6.07, 6.45) is 0. The molecule has 1 aromatic carbocycles. The standard InChI is InChI=1S/C13H17NO6S/c1-13(2,12(15)16)8-14-21(17,18)9-3-4-10-11(7-9)20-6-5-19-10/h3-4,7,14H,5-6,8H2,1-2H3,(H,15,16). The van der Waals surface area contributed by atoms with Gasteiger partial charge in [-0.25, -0.2) is 13.1 Å². The molecule has 0 bridgehead atoms. The molecule has 21 heavy (non-hydrogen) atoms. The Bertz CT molecular complexity index is 653. The molecule has 0 radical (unpaired) electrons. The molecule has 7 nitrogen and oxygen atoms in total. The molecule has 0 spiro atoms. The van der Waals surface area contributed by atoms with E-state index in [1.165, 1.54) is 32.0 Å². The number of ether oxygens (including phenoxy) is 2. The molecule has 0 saturated carbocycles. The van der Waals surface area contributed by atoms with Crippen LogP contribution in [0.4, 0.5) is 0 Å². The zero-order valence-corrected chi connectivity index (χ0v) is 12.6. The second kappa shape index (κ2) is 5.53. The van der Waals surface area contributed by atoms with Gasteiger partial charge in [-0.2, -0.15) is 0 Å². The van der Waals surface area contributed by atoms with Crippen LogP contribution in [0.1, 0.15) is 13.8 Å². The van der Waals surface area contributed by atoms with E-state index in [0.717, 1.165) is 0 Å². The maximum atomic E-state index is 12.2. The van der Waals surface area contributed by atoms with E-state index in [-0.39, 0.29) is 11.4 Å². The smallest absolute Gasteiger partial charge is 0.310 e. The van der Waals surface area contributed by atoms with Gasteiger partial charge in [-0.05, 0) is 26.0 Å². The first kappa shape index (κ1) is 15.6. The molecule has 0 atom stereocenters. The van der Waals surface area contributed by atoms with Crippen molar-refractivity contribution in [3.63, 3.8) is 0 Å². The van der Waals surface area contributed by atoms with Crippen LogP contribution in [-0.4, -0.2) is 39.3 Å². The van der Waals surface area contributed by atoms with Crippen molar-refractivity contribution in [2.75, 3.05) is 19.8 Å². The lowest BCUT2D eigenvalue weighted by Crippen LogP contribution is -2.38. The normalized spacial score (nSPS) is 14.8. The number of carboxylic acid groups (broad SMARTS) is 1. The number of rotatable bonds is 5. The van der Waals surface area contributed by atoms with E-state index in [0.29, 0.717) is 24.7 Å². The Hall–Kier alpha value is -1.80. The van der Waals surface area contributed by atoms with Crippen molar-refractivity contribution in [3.05, 3.63) is 18.2 Å². The summed E-state index contributed by atoms with van der Waals surface area (Å²) < 4.78 is 37.3. The Balaban J connectivity index is 2.18. The average Bonchev–Trinajstić information content (AvgIpc) is 2.45. The van der Waals surface area contributed by atoms with Crippen molar-refractivity contribution in [1.29, 1.82) is 0 Å². The number of hydrogen-bond acceptors (Lipinski definition) is 5. The highest BCUT2D eigenvalue weighted by molar-refractivity contribution is 7.89. The van der Waals surface area contributed by atoms with Gasteiger partial charge in [0.05, 0.1) is 10.3 Å². The first-order valence-electron chi connectivity index (χ1n) is 6.35. The van der Waals surface area contributed by atoms with Crippen LogP contribution < -0.4 is 14.2 Å². The number of carbonyl (C=O) groups is 1. The number of benzene rings is 1. The van der Waals surface area contributed by atoms with Gasteiger partial charge < -0.3 is 14.6 Å². The summed E-state index contributed by atoms with van der Waals surface area (Å²) in [6.45, 7) is 3.46. The van der Waals surface area contributed by atoms with Gasteiger partial charge in [-0.15, -0.1) is 0 Å². The largest absolute Gasteiger partial charge is 0.486 e. The molecule has 0 amide bonds. The van der Waals surface area contributed by atoms with Gasteiger partial charge in [-0.1, -0.05) is 0 Å². The summed E-state index contributed by atoms with van der Waals surface area (Å²) in [7, 11) is -3.81. The second-order valence-electron chi connectivity index (χ2n) is 5.32. The lowest BCUT2D eigenvalue weighted by atomic mass is 9.95. The summed E-state index contributed by atoms with van der Waals surface area (Å²) in [4.78, 5) is 11.0. The van der Waals surface area contributed by atoms with Crippen LogP contribution in [0, 0.1) is 5.41 Å². The van der Waals surface area contributed by atoms with E-state index < -0.39 is 21.4 Å². The Morgan fingerprint density at radius 2 is 1.90 bits per heavy atom.